The Bertz CT molecular complexity index is 653. The van der Waals surface area contributed by atoms with Crippen molar-refractivity contribution in [1.82, 2.24) is 0 Å². The monoisotopic (exact) mass is 284 g/mol. The number of carbonyl (C=O) groups excluding carboxylic acids is 1. The maximum absolute atomic E-state index is 11.2. The summed E-state index contributed by atoms with van der Waals surface area (Å²) in [5.41, 5.74) is 8.85. The maximum atomic E-state index is 11.2. The van der Waals surface area contributed by atoms with Crippen LogP contribution in [0.2, 0.25) is 0 Å². The summed E-state index contributed by atoms with van der Waals surface area (Å²) < 4.78 is 5.43. The van der Waals surface area contributed by atoms with E-state index in [0.29, 0.717) is 5.56 Å². The molecule has 0 radical (unpaired) electrons. The number of rotatable bonds is 5. The molecule has 0 bridgehead atoms. The lowest BCUT2D eigenvalue weighted by atomic mass is 10.0. The number of hydrogen-bond donors (Lipinski definition) is 2. The van der Waals surface area contributed by atoms with Crippen molar-refractivity contribution in [2.24, 2.45) is 5.73 Å². The molecule has 1 unspecified atom stereocenters. The van der Waals surface area contributed by atoms with Gasteiger partial charge in [0.2, 0.25) is 5.91 Å². The van der Waals surface area contributed by atoms with E-state index in [1.54, 1.807) is 19.2 Å². The quantitative estimate of drug-likeness (QED) is 0.885. The van der Waals surface area contributed by atoms with Gasteiger partial charge in [-0.1, -0.05) is 18.2 Å². The molecule has 4 heteroatoms. The molecule has 0 saturated carbocycles. The second kappa shape index (κ2) is 6.31. The number of primary amides is 1. The van der Waals surface area contributed by atoms with Crippen molar-refractivity contribution in [2.45, 2.75) is 19.9 Å². The third kappa shape index (κ3) is 3.54. The minimum atomic E-state index is -0.431. The third-order valence-corrected chi connectivity index (χ3v) is 3.39. The van der Waals surface area contributed by atoms with Gasteiger partial charge in [-0.05, 0) is 43.7 Å². The summed E-state index contributed by atoms with van der Waals surface area (Å²) in [6.07, 6.45) is 0. The minimum absolute atomic E-state index is 0.0451. The van der Waals surface area contributed by atoms with Gasteiger partial charge in [-0.15, -0.1) is 0 Å². The van der Waals surface area contributed by atoms with Gasteiger partial charge in [0.05, 0.1) is 13.2 Å². The molecule has 2 aromatic rings. The van der Waals surface area contributed by atoms with E-state index < -0.39 is 5.91 Å². The molecule has 110 valence electrons. The van der Waals surface area contributed by atoms with Gasteiger partial charge in [0, 0.05) is 16.8 Å². The molecule has 0 aliphatic heterocycles. The van der Waals surface area contributed by atoms with Gasteiger partial charge in [0.1, 0.15) is 5.75 Å². The maximum Gasteiger partial charge on any atom is 0.248 e. The van der Waals surface area contributed by atoms with Crippen LogP contribution in [-0.4, -0.2) is 13.0 Å². The SMILES string of the molecule is COc1cc(C)ccc1C(C)Nc1cccc(C(N)=O)c1. The lowest BCUT2D eigenvalue weighted by Gasteiger charge is -2.19. The number of hydrogen-bond acceptors (Lipinski definition) is 3. The van der Waals surface area contributed by atoms with Gasteiger partial charge in [-0.3, -0.25) is 4.79 Å². The fourth-order valence-corrected chi connectivity index (χ4v) is 2.27. The van der Waals surface area contributed by atoms with Crippen molar-refractivity contribution in [3.05, 3.63) is 59.2 Å². The van der Waals surface area contributed by atoms with Gasteiger partial charge in [-0.2, -0.15) is 0 Å². The van der Waals surface area contributed by atoms with E-state index in [9.17, 15) is 4.79 Å². The zero-order valence-corrected chi connectivity index (χ0v) is 12.5. The van der Waals surface area contributed by atoms with E-state index in [1.165, 1.54) is 0 Å². The van der Waals surface area contributed by atoms with Crippen LogP contribution in [0, 0.1) is 6.92 Å². The second-order valence-electron chi connectivity index (χ2n) is 5.06. The van der Waals surface area contributed by atoms with Crippen molar-refractivity contribution >= 4 is 11.6 Å². The Hall–Kier alpha value is -2.49. The van der Waals surface area contributed by atoms with Crippen LogP contribution in [0.5, 0.6) is 5.75 Å². The van der Waals surface area contributed by atoms with E-state index >= 15 is 0 Å². The first-order valence-corrected chi connectivity index (χ1v) is 6.82. The first kappa shape index (κ1) is 14.9. The van der Waals surface area contributed by atoms with Gasteiger partial charge in [-0.25, -0.2) is 0 Å². The van der Waals surface area contributed by atoms with Gasteiger partial charge >= 0.3 is 0 Å². The number of methoxy groups -OCH3 is 1. The van der Waals surface area contributed by atoms with Gasteiger partial charge < -0.3 is 15.8 Å². The van der Waals surface area contributed by atoms with E-state index in [2.05, 4.69) is 11.4 Å². The summed E-state index contributed by atoms with van der Waals surface area (Å²) in [7, 11) is 1.67. The van der Waals surface area contributed by atoms with E-state index in [-0.39, 0.29) is 6.04 Å². The van der Waals surface area contributed by atoms with E-state index in [0.717, 1.165) is 22.6 Å². The Balaban J connectivity index is 2.23. The van der Waals surface area contributed by atoms with Crippen LogP contribution < -0.4 is 15.8 Å². The molecule has 1 atom stereocenters. The Labute approximate surface area is 124 Å². The first-order chi connectivity index (χ1) is 10.0. The lowest BCUT2D eigenvalue weighted by Crippen LogP contribution is -2.12. The molecular weight excluding hydrogens is 264 g/mol. The smallest absolute Gasteiger partial charge is 0.248 e. The summed E-state index contributed by atoms with van der Waals surface area (Å²) in [6, 6.07) is 13.3. The summed E-state index contributed by atoms with van der Waals surface area (Å²) >= 11 is 0. The number of benzene rings is 2. The van der Waals surface area contributed by atoms with Gasteiger partial charge in [0.15, 0.2) is 0 Å². The van der Waals surface area contributed by atoms with Crippen molar-refractivity contribution in [3.63, 3.8) is 0 Å². The topological polar surface area (TPSA) is 64.3 Å². The van der Waals surface area contributed by atoms with Crippen molar-refractivity contribution in [3.8, 4) is 5.75 Å². The predicted octanol–water partition coefficient (Wildman–Crippen LogP) is 3.28. The Kier molecular flexibility index (Phi) is 4.48. The predicted molar refractivity (Wildman–Crippen MR) is 84.7 cm³/mol. The number of amides is 1. The Morgan fingerprint density at radius 2 is 2.00 bits per heavy atom. The highest BCUT2D eigenvalue weighted by Crippen LogP contribution is 2.28. The molecule has 0 fully saturated rings. The number of nitrogens with one attached hydrogen (secondary N) is 1. The molecule has 0 aliphatic rings. The number of anilines is 1. The molecule has 21 heavy (non-hydrogen) atoms. The fourth-order valence-electron chi connectivity index (χ4n) is 2.27. The van der Waals surface area contributed by atoms with Gasteiger partial charge in [0.25, 0.3) is 0 Å². The molecule has 4 nitrogen and oxygen atoms in total. The van der Waals surface area contributed by atoms with Crippen molar-refractivity contribution < 1.29 is 9.53 Å². The standard InChI is InChI=1S/C17H20N2O2/c1-11-7-8-15(16(9-11)21-3)12(2)19-14-6-4-5-13(10-14)17(18)20/h4-10,12,19H,1-3H3,(H2,18,20). The number of ether oxygens (including phenoxy) is 1. The molecular formula is C17H20N2O2. The normalized spacial score (nSPS) is 11.8. The van der Waals surface area contributed by atoms with Crippen LogP contribution in [-0.2, 0) is 0 Å². The largest absolute Gasteiger partial charge is 0.496 e. The van der Waals surface area contributed by atoms with Crippen LogP contribution in [0.3, 0.4) is 0 Å². The highest BCUT2D eigenvalue weighted by atomic mass is 16.5. The Morgan fingerprint density at radius 3 is 2.67 bits per heavy atom. The molecule has 0 aromatic heterocycles. The number of carbonyl (C=O) groups is 1. The number of aryl methyl sites for hydroxylation is 1. The average molecular weight is 284 g/mol. The van der Waals surface area contributed by atoms with E-state index in [1.807, 2.05) is 38.1 Å². The fraction of sp³-hybridized carbons (Fsp3) is 0.235. The molecule has 0 saturated heterocycles. The van der Waals surface area contributed by atoms with Crippen LogP contribution in [0.4, 0.5) is 5.69 Å². The zero-order chi connectivity index (χ0) is 15.4. The van der Waals surface area contributed by atoms with Crippen LogP contribution in [0.15, 0.2) is 42.5 Å². The Morgan fingerprint density at radius 1 is 1.24 bits per heavy atom. The van der Waals surface area contributed by atoms with Crippen molar-refractivity contribution in [1.29, 1.82) is 0 Å². The number of nitrogens with two attached hydrogens (primary N) is 1. The van der Waals surface area contributed by atoms with Crippen LogP contribution in [0.1, 0.15) is 34.5 Å². The zero-order valence-electron chi connectivity index (χ0n) is 12.5. The summed E-state index contributed by atoms with van der Waals surface area (Å²) in [4.78, 5) is 11.2. The summed E-state index contributed by atoms with van der Waals surface area (Å²) in [5, 5.41) is 3.36. The molecule has 2 rings (SSSR count). The summed E-state index contributed by atoms with van der Waals surface area (Å²) in [5.74, 6) is 0.417. The summed E-state index contributed by atoms with van der Waals surface area (Å²) in [6.45, 7) is 4.07. The molecule has 0 spiro atoms. The van der Waals surface area contributed by atoms with Crippen LogP contribution >= 0.6 is 0 Å². The average Bonchev–Trinajstić information content (AvgIpc) is 2.47. The third-order valence-electron chi connectivity index (χ3n) is 3.39. The lowest BCUT2D eigenvalue weighted by molar-refractivity contribution is 0.100. The first-order valence-electron chi connectivity index (χ1n) is 6.82. The molecule has 3 N–H and O–H groups in total. The highest BCUT2D eigenvalue weighted by Gasteiger charge is 2.12. The van der Waals surface area contributed by atoms with E-state index in [4.69, 9.17) is 10.5 Å². The molecule has 0 heterocycles. The molecule has 0 aliphatic carbocycles. The molecule has 2 aromatic carbocycles. The second-order valence-corrected chi connectivity index (χ2v) is 5.06. The highest BCUT2D eigenvalue weighted by molar-refractivity contribution is 5.93. The molecule has 1 amide bonds. The minimum Gasteiger partial charge on any atom is -0.496 e. The van der Waals surface area contributed by atoms with Crippen molar-refractivity contribution in [2.75, 3.05) is 12.4 Å². The van der Waals surface area contributed by atoms with Crippen LogP contribution in [0.25, 0.3) is 0 Å².